The largest absolute Gasteiger partial charge is 0.326 e. The molecule has 30 heavy (non-hydrogen) atoms. The van der Waals surface area contributed by atoms with Crippen LogP contribution in [0.4, 0.5) is 11.4 Å². The van der Waals surface area contributed by atoms with Crippen LogP contribution in [0.1, 0.15) is 29.8 Å². The van der Waals surface area contributed by atoms with Crippen LogP contribution >= 0.6 is 11.3 Å². The lowest BCUT2D eigenvalue weighted by molar-refractivity contribution is -0.114. The van der Waals surface area contributed by atoms with Gasteiger partial charge in [-0.2, -0.15) is 5.10 Å². The van der Waals surface area contributed by atoms with E-state index in [1.807, 2.05) is 43.5 Å². The molecule has 0 bridgehead atoms. The van der Waals surface area contributed by atoms with Crippen molar-refractivity contribution in [2.45, 2.75) is 27.3 Å². The van der Waals surface area contributed by atoms with Crippen LogP contribution in [0.3, 0.4) is 0 Å². The lowest BCUT2D eigenvalue weighted by Gasteiger charge is -2.11. The summed E-state index contributed by atoms with van der Waals surface area (Å²) < 4.78 is 1.79. The molecule has 8 heteroatoms. The fourth-order valence-corrected chi connectivity index (χ4v) is 3.97. The van der Waals surface area contributed by atoms with Gasteiger partial charge in [-0.25, -0.2) is 9.67 Å². The van der Waals surface area contributed by atoms with Gasteiger partial charge in [0.15, 0.2) is 5.65 Å². The molecule has 0 aliphatic carbocycles. The van der Waals surface area contributed by atoms with E-state index in [1.54, 1.807) is 34.3 Å². The monoisotopic (exact) mass is 419 g/mol. The second kappa shape index (κ2) is 8.08. The summed E-state index contributed by atoms with van der Waals surface area (Å²) in [5, 5.41) is 12.8. The number of thiophene rings is 1. The van der Waals surface area contributed by atoms with Gasteiger partial charge in [0.25, 0.3) is 5.91 Å². The molecule has 3 aromatic heterocycles. The molecule has 0 spiro atoms. The van der Waals surface area contributed by atoms with E-state index in [1.165, 1.54) is 6.92 Å². The van der Waals surface area contributed by atoms with Crippen molar-refractivity contribution in [3.05, 3.63) is 59.1 Å². The van der Waals surface area contributed by atoms with Gasteiger partial charge in [0.05, 0.1) is 27.7 Å². The molecule has 152 valence electrons. The van der Waals surface area contributed by atoms with Gasteiger partial charge in [0, 0.05) is 24.8 Å². The second-order valence-electron chi connectivity index (χ2n) is 6.89. The van der Waals surface area contributed by atoms with E-state index in [0.717, 1.165) is 21.8 Å². The van der Waals surface area contributed by atoms with E-state index < -0.39 is 0 Å². The summed E-state index contributed by atoms with van der Waals surface area (Å²) in [4.78, 5) is 30.2. The van der Waals surface area contributed by atoms with E-state index in [2.05, 4.69) is 15.7 Å². The van der Waals surface area contributed by atoms with Gasteiger partial charge >= 0.3 is 0 Å². The minimum Gasteiger partial charge on any atom is -0.326 e. The quantitative estimate of drug-likeness (QED) is 0.491. The number of amides is 2. The second-order valence-corrected chi connectivity index (χ2v) is 7.84. The number of benzene rings is 1. The molecule has 0 fully saturated rings. The summed E-state index contributed by atoms with van der Waals surface area (Å²) in [6.07, 6.45) is 1.68. The van der Waals surface area contributed by atoms with Gasteiger partial charge in [-0.05, 0) is 55.1 Å². The minimum absolute atomic E-state index is 0.136. The lowest BCUT2D eigenvalue weighted by Crippen LogP contribution is -2.14. The van der Waals surface area contributed by atoms with Crippen LogP contribution in [0, 0.1) is 6.92 Å². The molecule has 2 N–H and O–H groups in total. The average Bonchev–Trinajstić information content (AvgIpc) is 3.38. The summed E-state index contributed by atoms with van der Waals surface area (Å²) >= 11 is 1.58. The molecular weight excluding hydrogens is 398 g/mol. The zero-order chi connectivity index (χ0) is 21.3. The van der Waals surface area contributed by atoms with Crippen molar-refractivity contribution < 1.29 is 9.59 Å². The van der Waals surface area contributed by atoms with Crippen molar-refractivity contribution in [1.29, 1.82) is 0 Å². The third kappa shape index (κ3) is 3.81. The van der Waals surface area contributed by atoms with Crippen molar-refractivity contribution in [2.24, 2.45) is 0 Å². The molecule has 2 amide bonds. The van der Waals surface area contributed by atoms with E-state index in [9.17, 15) is 9.59 Å². The number of aromatic nitrogens is 3. The molecule has 0 saturated heterocycles. The Balaban J connectivity index is 1.71. The Morgan fingerprint density at radius 3 is 2.67 bits per heavy atom. The summed E-state index contributed by atoms with van der Waals surface area (Å²) in [7, 11) is 0. The maximum atomic E-state index is 13.2. The Morgan fingerprint density at radius 2 is 2.00 bits per heavy atom. The molecule has 0 aliphatic rings. The van der Waals surface area contributed by atoms with E-state index in [-0.39, 0.29) is 11.8 Å². The van der Waals surface area contributed by atoms with Gasteiger partial charge in [-0.1, -0.05) is 6.07 Å². The number of rotatable bonds is 5. The lowest BCUT2D eigenvalue weighted by atomic mass is 10.1. The average molecular weight is 420 g/mol. The van der Waals surface area contributed by atoms with E-state index in [4.69, 9.17) is 4.98 Å². The van der Waals surface area contributed by atoms with Gasteiger partial charge in [-0.15, -0.1) is 11.3 Å². The number of nitrogens with zero attached hydrogens (tertiary/aromatic N) is 3. The Hall–Kier alpha value is -3.52. The number of fused-ring (bicyclic) bond motifs is 1. The molecule has 3 heterocycles. The number of anilines is 2. The van der Waals surface area contributed by atoms with Crippen LogP contribution < -0.4 is 10.6 Å². The van der Waals surface area contributed by atoms with E-state index >= 15 is 0 Å². The van der Waals surface area contributed by atoms with Crippen molar-refractivity contribution >= 4 is 45.6 Å². The number of nitrogens with one attached hydrogen (secondary N) is 2. The first-order valence-electron chi connectivity index (χ1n) is 9.56. The van der Waals surface area contributed by atoms with Gasteiger partial charge < -0.3 is 10.6 Å². The fourth-order valence-electron chi connectivity index (χ4n) is 3.29. The van der Waals surface area contributed by atoms with Crippen molar-refractivity contribution in [3.63, 3.8) is 0 Å². The number of carbonyl (C=O) groups excluding carboxylic acids is 2. The van der Waals surface area contributed by atoms with Crippen LogP contribution in [-0.4, -0.2) is 26.6 Å². The number of hydrogen-bond acceptors (Lipinski definition) is 5. The standard InChI is InChI=1S/C22H21N5O2S/c1-4-27-21-17(12-23-27)16(11-19(26-21)20-6-5-9-30-20)22(29)25-15-7-8-18(13(2)10-15)24-14(3)28/h5-12H,4H2,1-3H3,(H,24,28)(H,25,29). The molecule has 4 aromatic rings. The van der Waals surface area contributed by atoms with Gasteiger partial charge in [-0.3, -0.25) is 9.59 Å². The third-order valence-electron chi connectivity index (χ3n) is 4.72. The SMILES string of the molecule is CCn1ncc2c(C(=O)Nc3ccc(NC(C)=O)c(C)c3)cc(-c3cccs3)nc21. The zero-order valence-corrected chi connectivity index (χ0v) is 17.7. The first kappa shape index (κ1) is 19.8. The van der Waals surface area contributed by atoms with Gasteiger partial charge in [0.1, 0.15) is 0 Å². The normalized spacial score (nSPS) is 10.9. The van der Waals surface area contributed by atoms with Crippen molar-refractivity contribution in [2.75, 3.05) is 10.6 Å². The summed E-state index contributed by atoms with van der Waals surface area (Å²) in [5.41, 5.74) is 4.18. The van der Waals surface area contributed by atoms with Crippen LogP contribution in [0.2, 0.25) is 0 Å². The third-order valence-corrected chi connectivity index (χ3v) is 5.61. The summed E-state index contributed by atoms with van der Waals surface area (Å²) in [5.74, 6) is -0.370. The van der Waals surface area contributed by atoms with Crippen molar-refractivity contribution in [1.82, 2.24) is 14.8 Å². The van der Waals surface area contributed by atoms with Gasteiger partial charge in [0.2, 0.25) is 5.91 Å². The Kier molecular flexibility index (Phi) is 5.33. The molecule has 0 saturated carbocycles. The smallest absolute Gasteiger partial charge is 0.256 e. The highest BCUT2D eigenvalue weighted by Crippen LogP contribution is 2.29. The molecule has 0 atom stereocenters. The summed E-state index contributed by atoms with van der Waals surface area (Å²) in [6, 6.07) is 11.1. The predicted molar refractivity (Wildman–Crippen MR) is 120 cm³/mol. The fraction of sp³-hybridized carbons (Fsp3) is 0.182. The Bertz CT molecular complexity index is 1240. The van der Waals surface area contributed by atoms with Crippen LogP contribution in [0.5, 0.6) is 0 Å². The van der Waals surface area contributed by atoms with Crippen LogP contribution in [0.25, 0.3) is 21.6 Å². The highest BCUT2D eigenvalue weighted by Gasteiger charge is 2.18. The maximum Gasteiger partial charge on any atom is 0.256 e. The molecule has 0 unspecified atom stereocenters. The predicted octanol–water partition coefficient (Wildman–Crippen LogP) is 4.70. The van der Waals surface area contributed by atoms with Crippen LogP contribution in [0.15, 0.2) is 48.0 Å². The highest BCUT2D eigenvalue weighted by molar-refractivity contribution is 7.13. The Morgan fingerprint density at radius 1 is 1.17 bits per heavy atom. The molecule has 4 rings (SSSR count). The maximum absolute atomic E-state index is 13.2. The molecule has 0 aliphatic heterocycles. The minimum atomic E-state index is -0.234. The Labute approximate surface area is 177 Å². The molecular formula is C22H21N5O2S. The van der Waals surface area contributed by atoms with Crippen molar-refractivity contribution in [3.8, 4) is 10.6 Å². The topological polar surface area (TPSA) is 88.9 Å². The first-order valence-corrected chi connectivity index (χ1v) is 10.4. The summed E-state index contributed by atoms with van der Waals surface area (Å²) in [6.45, 7) is 6.00. The zero-order valence-electron chi connectivity index (χ0n) is 16.9. The first-order chi connectivity index (χ1) is 14.5. The number of aryl methyl sites for hydroxylation is 2. The van der Waals surface area contributed by atoms with Crippen LogP contribution in [-0.2, 0) is 11.3 Å². The highest BCUT2D eigenvalue weighted by atomic mass is 32.1. The molecule has 7 nitrogen and oxygen atoms in total. The number of hydrogen-bond donors (Lipinski definition) is 2. The number of carbonyl (C=O) groups is 2. The molecule has 0 radical (unpaired) electrons. The molecule has 1 aromatic carbocycles. The number of pyridine rings is 1. The van der Waals surface area contributed by atoms with E-state index in [0.29, 0.717) is 28.8 Å².